The van der Waals surface area contributed by atoms with Gasteiger partial charge < -0.3 is 14.8 Å². The van der Waals surface area contributed by atoms with E-state index in [1.54, 1.807) is 18.2 Å². The van der Waals surface area contributed by atoms with E-state index in [1.807, 2.05) is 0 Å². The quantitative estimate of drug-likeness (QED) is 0.742. The molecule has 0 radical (unpaired) electrons. The highest BCUT2D eigenvalue weighted by Crippen LogP contribution is 2.33. The number of methoxy groups -OCH3 is 2. The Morgan fingerprint density at radius 1 is 1.14 bits per heavy atom. The predicted octanol–water partition coefficient (Wildman–Crippen LogP) is 2.35. The topological polar surface area (TPSA) is 102 Å². The Bertz CT molecular complexity index is 1070. The highest BCUT2D eigenvalue weighted by molar-refractivity contribution is 7.94. The summed E-state index contributed by atoms with van der Waals surface area (Å²) in [4.78, 5) is 24.6. The molecule has 1 saturated heterocycles. The summed E-state index contributed by atoms with van der Waals surface area (Å²) < 4.78 is 35.4. The molecule has 8 nitrogen and oxygen atoms in total. The molecular weight excluding hydrogens is 420 g/mol. The summed E-state index contributed by atoms with van der Waals surface area (Å²) in [6.07, 6.45) is -0.117. The average Bonchev–Trinajstić information content (AvgIpc) is 2.98. The van der Waals surface area contributed by atoms with Crippen LogP contribution in [0.5, 0.6) is 11.5 Å². The molecule has 0 spiro atoms. The minimum atomic E-state index is -3.78. The largest absolute Gasteiger partial charge is 0.493 e. The molecule has 2 aromatic rings. The number of anilines is 1. The van der Waals surface area contributed by atoms with Crippen molar-refractivity contribution >= 4 is 39.1 Å². The summed E-state index contributed by atoms with van der Waals surface area (Å²) in [6, 6.07) is 9.40. The van der Waals surface area contributed by atoms with Gasteiger partial charge in [-0.25, -0.2) is 12.7 Å². The third kappa shape index (κ3) is 4.30. The highest BCUT2D eigenvalue weighted by atomic mass is 35.5. The van der Waals surface area contributed by atoms with Gasteiger partial charge >= 0.3 is 0 Å². The minimum Gasteiger partial charge on any atom is -0.493 e. The number of benzene rings is 2. The maximum Gasteiger partial charge on any atom is 0.251 e. The number of hydrogen-bond donors (Lipinski definition) is 1. The second-order valence-corrected chi connectivity index (χ2v) is 8.61. The Kier molecular flexibility index (Phi) is 5.99. The van der Waals surface area contributed by atoms with Gasteiger partial charge in [0.05, 0.1) is 30.7 Å². The van der Waals surface area contributed by atoms with Crippen molar-refractivity contribution in [1.29, 1.82) is 0 Å². The van der Waals surface area contributed by atoms with E-state index in [-0.39, 0.29) is 35.0 Å². The molecule has 1 fully saturated rings. The van der Waals surface area contributed by atoms with E-state index in [0.29, 0.717) is 15.8 Å². The molecule has 154 valence electrons. The number of nitrogens with one attached hydrogen (secondary N) is 1. The number of carbonyl (C=O) groups is 2. The Labute approximate surface area is 173 Å². The van der Waals surface area contributed by atoms with Gasteiger partial charge in [-0.1, -0.05) is 17.7 Å². The third-order valence-corrected chi connectivity index (χ3v) is 6.40. The number of halogens is 1. The fourth-order valence-electron chi connectivity index (χ4n) is 2.93. The van der Waals surface area contributed by atoms with Crippen molar-refractivity contribution in [3.05, 3.63) is 52.5 Å². The Morgan fingerprint density at radius 2 is 1.86 bits per heavy atom. The van der Waals surface area contributed by atoms with Crippen LogP contribution in [0.2, 0.25) is 5.02 Å². The van der Waals surface area contributed by atoms with Crippen LogP contribution >= 0.6 is 11.6 Å². The molecule has 0 bridgehead atoms. The maximum atomic E-state index is 12.6. The Balaban J connectivity index is 1.79. The average molecular weight is 439 g/mol. The molecule has 1 heterocycles. The van der Waals surface area contributed by atoms with Crippen molar-refractivity contribution in [2.24, 2.45) is 0 Å². The molecule has 29 heavy (non-hydrogen) atoms. The van der Waals surface area contributed by atoms with E-state index in [0.717, 1.165) is 5.56 Å². The summed E-state index contributed by atoms with van der Waals surface area (Å²) >= 11 is 6.09. The summed E-state index contributed by atoms with van der Waals surface area (Å²) in [7, 11) is -0.734. The van der Waals surface area contributed by atoms with Crippen LogP contribution in [0.15, 0.2) is 36.4 Å². The molecule has 1 aliphatic rings. The van der Waals surface area contributed by atoms with Gasteiger partial charge in [-0.05, 0) is 35.9 Å². The van der Waals surface area contributed by atoms with Crippen LogP contribution in [-0.2, 0) is 21.4 Å². The predicted molar refractivity (Wildman–Crippen MR) is 108 cm³/mol. The maximum absolute atomic E-state index is 12.6. The first kappa shape index (κ1) is 20.9. The highest BCUT2D eigenvalue weighted by Gasteiger charge is 2.37. The van der Waals surface area contributed by atoms with Crippen LogP contribution in [0.25, 0.3) is 0 Å². The van der Waals surface area contributed by atoms with E-state index in [9.17, 15) is 18.0 Å². The fourth-order valence-corrected chi connectivity index (χ4v) is 4.65. The molecule has 1 aliphatic heterocycles. The van der Waals surface area contributed by atoms with E-state index in [2.05, 4.69) is 5.32 Å². The van der Waals surface area contributed by atoms with Gasteiger partial charge in [-0.2, -0.15) is 0 Å². The number of amides is 2. The van der Waals surface area contributed by atoms with Gasteiger partial charge in [0.15, 0.2) is 11.5 Å². The lowest BCUT2D eigenvalue weighted by atomic mass is 10.1. The van der Waals surface area contributed by atoms with Gasteiger partial charge in [-0.3, -0.25) is 9.59 Å². The number of hydrogen-bond acceptors (Lipinski definition) is 6. The second-order valence-electron chi connectivity index (χ2n) is 6.26. The lowest BCUT2D eigenvalue weighted by Crippen LogP contribution is -2.30. The first-order valence-electron chi connectivity index (χ1n) is 8.61. The van der Waals surface area contributed by atoms with Crippen molar-refractivity contribution < 1.29 is 27.5 Å². The van der Waals surface area contributed by atoms with Crippen molar-refractivity contribution in [3.8, 4) is 11.5 Å². The molecular formula is C19H19ClN2O6S. The van der Waals surface area contributed by atoms with Crippen molar-refractivity contribution in [2.75, 3.05) is 24.3 Å². The zero-order valence-corrected chi connectivity index (χ0v) is 17.3. The van der Waals surface area contributed by atoms with Gasteiger partial charge in [-0.15, -0.1) is 0 Å². The van der Waals surface area contributed by atoms with Gasteiger partial charge in [0, 0.05) is 18.5 Å². The molecule has 0 aromatic heterocycles. The van der Waals surface area contributed by atoms with Gasteiger partial charge in [0.2, 0.25) is 15.9 Å². The summed E-state index contributed by atoms with van der Waals surface area (Å²) in [5.74, 6) is -0.193. The summed E-state index contributed by atoms with van der Waals surface area (Å²) in [5.41, 5.74) is 0.940. The second kappa shape index (κ2) is 8.30. The van der Waals surface area contributed by atoms with Crippen LogP contribution in [0.4, 0.5) is 5.69 Å². The van der Waals surface area contributed by atoms with Crippen LogP contribution in [-0.4, -0.2) is 40.2 Å². The number of rotatable bonds is 6. The van der Waals surface area contributed by atoms with Gasteiger partial charge in [0.25, 0.3) is 5.91 Å². The number of nitrogens with zero attached hydrogens (tertiary/aromatic N) is 1. The third-order valence-electron chi connectivity index (χ3n) is 4.41. The normalized spacial score (nSPS) is 15.3. The standard InChI is InChI=1S/C19H19ClN2O6S/c1-27-16-6-3-12(9-17(16)28-2)11-21-19(24)13-4-5-14(20)15(10-13)22-18(23)7-8-29(22,25)26/h3-6,9-10H,7-8,11H2,1-2H3,(H,21,24). The van der Waals surface area contributed by atoms with E-state index >= 15 is 0 Å². The lowest BCUT2D eigenvalue weighted by molar-refractivity contribution is -0.116. The van der Waals surface area contributed by atoms with Crippen molar-refractivity contribution in [2.45, 2.75) is 13.0 Å². The molecule has 10 heteroatoms. The van der Waals surface area contributed by atoms with Crippen LogP contribution < -0.4 is 19.1 Å². The first-order valence-corrected chi connectivity index (χ1v) is 10.6. The monoisotopic (exact) mass is 438 g/mol. The van der Waals surface area contributed by atoms with E-state index < -0.39 is 21.8 Å². The van der Waals surface area contributed by atoms with Crippen LogP contribution in [0, 0.1) is 0 Å². The number of sulfonamides is 1. The first-order chi connectivity index (χ1) is 13.8. The summed E-state index contributed by atoms with van der Waals surface area (Å²) in [6.45, 7) is 0.206. The SMILES string of the molecule is COc1ccc(CNC(=O)c2ccc(Cl)c(N3C(=O)CCS3(=O)=O)c2)cc1OC. The molecule has 0 atom stereocenters. The Morgan fingerprint density at radius 3 is 2.48 bits per heavy atom. The van der Waals surface area contributed by atoms with Gasteiger partial charge in [0.1, 0.15) is 0 Å². The number of carbonyl (C=O) groups excluding carboxylic acids is 2. The minimum absolute atomic E-state index is 0.0204. The molecule has 0 unspecified atom stereocenters. The summed E-state index contributed by atoms with van der Waals surface area (Å²) in [5, 5.41) is 2.81. The molecule has 3 rings (SSSR count). The molecule has 0 saturated carbocycles. The number of ether oxygens (including phenoxy) is 2. The van der Waals surface area contributed by atoms with Crippen LogP contribution in [0.3, 0.4) is 0 Å². The van der Waals surface area contributed by atoms with Crippen molar-refractivity contribution in [3.63, 3.8) is 0 Å². The Hall–Kier alpha value is -2.78. The zero-order chi connectivity index (χ0) is 21.2. The van der Waals surface area contributed by atoms with E-state index in [1.165, 1.54) is 32.4 Å². The zero-order valence-electron chi connectivity index (χ0n) is 15.8. The smallest absolute Gasteiger partial charge is 0.251 e. The molecule has 0 aliphatic carbocycles. The molecule has 2 aromatic carbocycles. The molecule has 1 N–H and O–H groups in total. The lowest BCUT2D eigenvalue weighted by Gasteiger charge is -2.17. The van der Waals surface area contributed by atoms with E-state index in [4.69, 9.17) is 21.1 Å². The molecule has 2 amide bonds. The fraction of sp³-hybridized carbons (Fsp3) is 0.263. The van der Waals surface area contributed by atoms with Crippen LogP contribution in [0.1, 0.15) is 22.3 Å². The van der Waals surface area contributed by atoms with Crippen molar-refractivity contribution in [1.82, 2.24) is 5.32 Å².